The van der Waals surface area contributed by atoms with Crippen molar-refractivity contribution in [3.8, 4) is 11.5 Å². The van der Waals surface area contributed by atoms with E-state index >= 15 is 4.39 Å². The molecule has 2 heterocycles. The molecule has 0 fully saturated rings. The van der Waals surface area contributed by atoms with Crippen LogP contribution in [-0.2, 0) is 10.0 Å². The van der Waals surface area contributed by atoms with Crippen molar-refractivity contribution in [1.82, 2.24) is 9.97 Å². The number of aromatic amines is 1. The molecule has 0 amide bonds. The molecule has 11 heteroatoms. The number of nitrogens with zero attached hydrogens (tertiary/aromatic N) is 1. The fourth-order valence-electron chi connectivity index (χ4n) is 3.55. The Morgan fingerprint density at radius 3 is 2.60 bits per heavy atom. The number of nitrogens with one attached hydrogen (secondary N) is 2. The predicted octanol–water partition coefficient (Wildman–Crippen LogP) is 4.67. The topological polar surface area (TPSA) is 110 Å². The van der Waals surface area contributed by atoms with E-state index in [0.717, 1.165) is 12.1 Å². The standard InChI is InChI=1S/C24H21F2N3O5S/c1-3-33-14-7-10-19(34-4-2)20(12-14)35(31,32)29-18-9-8-17(25)21(22(18)26)23(30)16-13-28-24-15(16)6-5-11-27-24/h5-13,29H,3-4H2,1-2H3,(H,27,28). The minimum absolute atomic E-state index is 0.00560. The summed E-state index contributed by atoms with van der Waals surface area (Å²) in [6, 6.07) is 9.08. The fourth-order valence-corrected chi connectivity index (χ4v) is 4.77. The second-order valence-electron chi connectivity index (χ2n) is 7.30. The Morgan fingerprint density at radius 2 is 1.86 bits per heavy atom. The molecule has 0 aliphatic heterocycles. The molecule has 0 radical (unpaired) electrons. The molecule has 4 rings (SSSR count). The highest BCUT2D eigenvalue weighted by Gasteiger charge is 2.28. The van der Waals surface area contributed by atoms with E-state index in [1.54, 1.807) is 32.0 Å². The van der Waals surface area contributed by atoms with Crippen molar-refractivity contribution in [3.05, 3.63) is 77.6 Å². The van der Waals surface area contributed by atoms with Gasteiger partial charge >= 0.3 is 0 Å². The van der Waals surface area contributed by atoms with Crippen LogP contribution in [0.15, 0.2) is 59.8 Å². The first-order valence-electron chi connectivity index (χ1n) is 10.6. The van der Waals surface area contributed by atoms with Gasteiger partial charge in [-0.15, -0.1) is 0 Å². The highest BCUT2D eigenvalue weighted by molar-refractivity contribution is 7.92. The molecule has 0 aliphatic carbocycles. The summed E-state index contributed by atoms with van der Waals surface area (Å²) in [6.07, 6.45) is 2.80. The van der Waals surface area contributed by atoms with Gasteiger partial charge in [-0.2, -0.15) is 0 Å². The number of anilines is 1. The number of hydrogen-bond donors (Lipinski definition) is 2. The minimum Gasteiger partial charge on any atom is -0.494 e. The molecule has 0 aliphatic rings. The zero-order chi connectivity index (χ0) is 25.2. The molecule has 182 valence electrons. The third-order valence-corrected chi connectivity index (χ3v) is 6.46. The van der Waals surface area contributed by atoms with Crippen LogP contribution in [0, 0.1) is 11.6 Å². The van der Waals surface area contributed by atoms with E-state index in [0.29, 0.717) is 17.6 Å². The number of hydrogen-bond acceptors (Lipinski definition) is 6. The Bertz CT molecular complexity index is 1520. The van der Waals surface area contributed by atoms with Gasteiger partial charge < -0.3 is 14.5 Å². The zero-order valence-electron chi connectivity index (χ0n) is 18.8. The molecular weight excluding hydrogens is 480 g/mol. The van der Waals surface area contributed by atoms with Crippen LogP contribution in [0.1, 0.15) is 29.8 Å². The smallest absolute Gasteiger partial charge is 0.265 e. The molecule has 2 aromatic carbocycles. The number of sulfonamides is 1. The lowest BCUT2D eigenvalue weighted by Gasteiger charge is -2.15. The summed E-state index contributed by atoms with van der Waals surface area (Å²) < 4.78 is 69.2. The first kappa shape index (κ1) is 24.1. The van der Waals surface area contributed by atoms with Gasteiger partial charge in [0.2, 0.25) is 5.78 Å². The van der Waals surface area contributed by atoms with Crippen LogP contribution in [0.25, 0.3) is 11.0 Å². The summed E-state index contributed by atoms with van der Waals surface area (Å²) in [7, 11) is -4.42. The third-order valence-electron chi connectivity index (χ3n) is 5.07. The molecular formula is C24H21F2N3O5S. The number of H-pyrrole nitrogens is 1. The third kappa shape index (κ3) is 4.67. The van der Waals surface area contributed by atoms with Crippen LogP contribution in [-0.4, -0.2) is 37.4 Å². The van der Waals surface area contributed by atoms with E-state index in [1.165, 1.54) is 24.5 Å². The summed E-state index contributed by atoms with van der Waals surface area (Å²) in [6.45, 7) is 3.89. The van der Waals surface area contributed by atoms with E-state index in [-0.39, 0.29) is 28.6 Å². The van der Waals surface area contributed by atoms with Crippen LogP contribution < -0.4 is 14.2 Å². The maximum absolute atomic E-state index is 15.4. The lowest BCUT2D eigenvalue weighted by molar-refractivity contribution is 0.103. The number of halogens is 2. The number of ether oxygens (including phenoxy) is 2. The molecule has 0 atom stereocenters. The lowest BCUT2D eigenvalue weighted by Crippen LogP contribution is -2.17. The number of rotatable bonds is 9. The predicted molar refractivity (Wildman–Crippen MR) is 125 cm³/mol. The summed E-state index contributed by atoms with van der Waals surface area (Å²) in [4.78, 5) is 19.6. The van der Waals surface area contributed by atoms with E-state index in [2.05, 4.69) is 14.7 Å². The highest BCUT2D eigenvalue weighted by atomic mass is 32.2. The Labute approximate surface area is 200 Å². The number of benzene rings is 2. The van der Waals surface area contributed by atoms with Crippen molar-refractivity contribution in [3.63, 3.8) is 0 Å². The van der Waals surface area contributed by atoms with Gasteiger partial charge in [-0.05, 0) is 50.2 Å². The maximum Gasteiger partial charge on any atom is 0.265 e. The summed E-state index contributed by atoms with van der Waals surface area (Å²) in [5, 5.41) is 0.372. The lowest BCUT2D eigenvalue weighted by atomic mass is 10.0. The molecule has 2 N–H and O–H groups in total. The SMILES string of the molecule is CCOc1ccc(OCC)c(S(=O)(=O)Nc2ccc(F)c(C(=O)c3c[nH]c4ncccc34)c2F)c1. The Hall–Kier alpha value is -3.99. The Morgan fingerprint density at radius 1 is 1.09 bits per heavy atom. The van der Waals surface area contributed by atoms with Gasteiger partial charge in [-0.1, -0.05) is 0 Å². The quantitative estimate of drug-likeness (QED) is 0.323. The largest absolute Gasteiger partial charge is 0.494 e. The van der Waals surface area contributed by atoms with Crippen molar-refractivity contribution in [2.75, 3.05) is 17.9 Å². The van der Waals surface area contributed by atoms with Crippen LogP contribution in [0.5, 0.6) is 11.5 Å². The molecule has 0 bridgehead atoms. The Balaban J connectivity index is 1.75. The second kappa shape index (κ2) is 9.71. The van der Waals surface area contributed by atoms with Crippen molar-refractivity contribution in [2.45, 2.75) is 18.7 Å². The first-order valence-corrected chi connectivity index (χ1v) is 12.1. The molecule has 0 saturated carbocycles. The number of carbonyl (C=O) groups is 1. The molecule has 8 nitrogen and oxygen atoms in total. The number of aromatic nitrogens is 2. The van der Waals surface area contributed by atoms with Gasteiger partial charge in [-0.3, -0.25) is 9.52 Å². The summed E-state index contributed by atoms with van der Waals surface area (Å²) in [5.41, 5.74) is -1.14. The summed E-state index contributed by atoms with van der Waals surface area (Å²) >= 11 is 0. The number of pyridine rings is 1. The van der Waals surface area contributed by atoms with Gasteiger partial charge in [0.05, 0.1) is 24.5 Å². The molecule has 2 aromatic heterocycles. The van der Waals surface area contributed by atoms with Gasteiger partial charge in [0.15, 0.2) is 5.82 Å². The maximum atomic E-state index is 15.4. The van der Waals surface area contributed by atoms with Crippen molar-refractivity contribution in [2.24, 2.45) is 0 Å². The summed E-state index contributed by atoms with van der Waals surface area (Å²) in [5.74, 6) is -3.17. The molecule has 4 aromatic rings. The highest BCUT2D eigenvalue weighted by Crippen LogP contribution is 2.32. The molecule has 35 heavy (non-hydrogen) atoms. The first-order chi connectivity index (χ1) is 16.8. The Kier molecular flexibility index (Phi) is 6.70. The normalized spacial score (nSPS) is 11.4. The molecule has 0 spiro atoms. The molecule has 0 saturated heterocycles. The van der Waals surface area contributed by atoms with Crippen LogP contribution in [0.4, 0.5) is 14.5 Å². The number of ketones is 1. The van der Waals surface area contributed by atoms with E-state index in [9.17, 15) is 17.6 Å². The van der Waals surface area contributed by atoms with Crippen LogP contribution in [0.2, 0.25) is 0 Å². The minimum atomic E-state index is -4.42. The van der Waals surface area contributed by atoms with Gasteiger partial charge in [0.1, 0.15) is 27.9 Å². The number of carbonyl (C=O) groups excluding carboxylic acids is 1. The van der Waals surface area contributed by atoms with Gasteiger partial charge in [-0.25, -0.2) is 22.2 Å². The van der Waals surface area contributed by atoms with Crippen molar-refractivity contribution in [1.29, 1.82) is 0 Å². The average molecular weight is 502 g/mol. The molecule has 0 unspecified atom stereocenters. The average Bonchev–Trinajstić information content (AvgIpc) is 3.26. The monoisotopic (exact) mass is 501 g/mol. The van der Waals surface area contributed by atoms with E-state index < -0.39 is 38.7 Å². The fraction of sp³-hybridized carbons (Fsp3) is 0.167. The van der Waals surface area contributed by atoms with Gasteiger partial charge in [0.25, 0.3) is 10.0 Å². The van der Waals surface area contributed by atoms with Crippen LogP contribution in [0.3, 0.4) is 0 Å². The van der Waals surface area contributed by atoms with E-state index in [1.807, 2.05) is 0 Å². The van der Waals surface area contributed by atoms with Crippen molar-refractivity contribution < 1.29 is 31.5 Å². The van der Waals surface area contributed by atoms with Crippen LogP contribution >= 0.6 is 0 Å². The number of fused-ring (bicyclic) bond motifs is 1. The van der Waals surface area contributed by atoms with Gasteiger partial charge in [0, 0.05) is 29.4 Å². The van der Waals surface area contributed by atoms with Crippen molar-refractivity contribution >= 4 is 32.5 Å². The zero-order valence-corrected chi connectivity index (χ0v) is 19.6. The van der Waals surface area contributed by atoms with E-state index in [4.69, 9.17) is 9.47 Å². The second-order valence-corrected chi connectivity index (χ2v) is 8.95.